The molecule has 0 radical (unpaired) electrons. The maximum Gasteiger partial charge on any atom is 0.226 e. The van der Waals surface area contributed by atoms with Crippen molar-refractivity contribution in [2.75, 3.05) is 43.3 Å². The molecule has 0 fully saturated rings. The van der Waals surface area contributed by atoms with Gasteiger partial charge in [-0.05, 0) is 36.4 Å². The van der Waals surface area contributed by atoms with Crippen LogP contribution in [-0.2, 0) is 4.79 Å². The third-order valence-electron chi connectivity index (χ3n) is 3.54. The van der Waals surface area contributed by atoms with Gasteiger partial charge in [-0.3, -0.25) is 4.79 Å². The number of rotatable bonds is 7. The van der Waals surface area contributed by atoms with E-state index in [1.807, 2.05) is 31.1 Å². The van der Waals surface area contributed by atoms with E-state index in [0.29, 0.717) is 34.4 Å². The number of anilines is 3. The van der Waals surface area contributed by atoms with Crippen molar-refractivity contribution in [3.8, 4) is 5.75 Å². The van der Waals surface area contributed by atoms with Gasteiger partial charge in [0.1, 0.15) is 5.75 Å². The molecule has 0 saturated heterocycles. The fourth-order valence-corrected chi connectivity index (χ4v) is 2.82. The number of ether oxygens (including phenoxy) is 1. The fraction of sp³-hybridized carbons (Fsp3) is 0.278. The zero-order valence-electron chi connectivity index (χ0n) is 14.4. The number of nitrogens with zero attached hydrogens (tertiary/aromatic N) is 1. The molecule has 0 bridgehead atoms. The van der Waals surface area contributed by atoms with E-state index in [2.05, 4.69) is 10.6 Å². The van der Waals surface area contributed by atoms with Gasteiger partial charge in [-0.25, -0.2) is 0 Å². The highest BCUT2D eigenvalue weighted by Crippen LogP contribution is 2.28. The molecule has 134 valence electrons. The smallest absolute Gasteiger partial charge is 0.226 e. The molecule has 0 aliphatic heterocycles. The summed E-state index contributed by atoms with van der Waals surface area (Å²) in [5.41, 5.74) is 2.32. The van der Waals surface area contributed by atoms with E-state index in [4.69, 9.17) is 27.9 Å². The normalized spacial score (nSPS) is 10.3. The number of amides is 1. The highest BCUT2D eigenvalue weighted by Gasteiger charge is 2.08. The van der Waals surface area contributed by atoms with Crippen molar-refractivity contribution in [2.24, 2.45) is 0 Å². The van der Waals surface area contributed by atoms with Gasteiger partial charge in [0.05, 0.1) is 23.5 Å². The van der Waals surface area contributed by atoms with E-state index in [1.165, 1.54) is 0 Å². The van der Waals surface area contributed by atoms with Gasteiger partial charge in [0, 0.05) is 37.8 Å². The Morgan fingerprint density at radius 3 is 2.56 bits per heavy atom. The summed E-state index contributed by atoms with van der Waals surface area (Å²) >= 11 is 12.2. The average molecular weight is 382 g/mol. The highest BCUT2D eigenvalue weighted by molar-refractivity contribution is 6.33. The van der Waals surface area contributed by atoms with Crippen LogP contribution >= 0.6 is 23.2 Å². The lowest BCUT2D eigenvalue weighted by molar-refractivity contribution is -0.115. The van der Waals surface area contributed by atoms with Crippen molar-refractivity contribution in [1.29, 1.82) is 0 Å². The second-order valence-corrected chi connectivity index (χ2v) is 6.47. The lowest BCUT2D eigenvalue weighted by atomic mass is 10.2. The summed E-state index contributed by atoms with van der Waals surface area (Å²) in [5.74, 6) is 0.568. The lowest BCUT2D eigenvalue weighted by Crippen LogP contribution is -2.16. The Bertz CT molecular complexity index is 751. The maximum absolute atomic E-state index is 12.1. The van der Waals surface area contributed by atoms with E-state index in [9.17, 15) is 4.79 Å². The quantitative estimate of drug-likeness (QED) is 0.740. The number of hydrogen-bond acceptors (Lipinski definition) is 4. The van der Waals surface area contributed by atoms with Crippen LogP contribution in [0.4, 0.5) is 17.1 Å². The first kappa shape index (κ1) is 19.2. The van der Waals surface area contributed by atoms with Crippen LogP contribution in [-0.4, -0.2) is 33.7 Å². The monoisotopic (exact) mass is 381 g/mol. The zero-order chi connectivity index (χ0) is 18.4. The van der Waals surface area contributed by atoms with E-state index in [-0.39, 0.29) is 5.91 Å². The molecule has 7 heteroatoms. The Morgan fingerprint density at radius 1 is 1.16 bits per heavy atom. The lowest BCUT2D eigenvalue weighted by Gasteiger charge is -2.15. The number of hydrogen-bond donors (Lipinski definition) is 2. The van der Waals surface area contributed by atoms with Crippen LogP contribution < -0.4 is 20.3 Å². The second-order valence-electron chi connectivity index (χ2n) is 5.63. The van der Waals surface area contributed by atoms with E-state index >= 15 is 0 Å². The van der Waals surface area contributed by atoms with Crippen molar-refractivity contribution >= 4 is 46.2 Å². The molecule has 2 N–H and O–H groups in total. The van der Waals surface area contributed by atoms with Gasteiger partial charge in [-0.1, -0.05) is 23.2 Å². The molecular formula is C18H21Cl2N3O2. The standard InChI is InChI=1S/C18H21Cl2N3O2/c1-23(2)16-6-5-13(11-14(16)20)22-18(24)8-9-21-15-10-12(19)4-7-17(15)25-3/h4-7,10-11,21H,8-9H2,1-3H3,(H,22,24). The van der Waals surface area contributed by atoms with Crippen molar-refractivity contribution < 1.29 is 9.53 Å². The Kier molecular flexibility index (Phi) is 6.79. The third-order valence-corrected chi connectivity index (χ3v) is 4.08. The minimum absolute atomic E-state index is 0.109. The topological polar surface area (TPSA) is 53.6 Å². The molecule has 2 rings (SSSR count). The molecule has 25 heavy (non-hydrogen) atoms. The minimum atomic E-state index is -0.109. The Balaban J connectivity index is 1.89. The molecular weight excluding hydrogens is 361 g/mol. The molecule has 5 nitrogen and oxygen atoms in total. The van der Waals surface area contributed by atoms with Crippen LogP contribution in [0.25, 0.3) is 0 Å². The molecule has 0 aliphatic rings. The largest absolute Gasteiger partial charge is 0.495 e. The predicted octanol–water partition coefficient (Wildman–Crippen LogP) is 4.51. The van der Waals surface area contributed by atoms with Gasteiger partial charge in [-0.15, -0.1) is 0 Å². The molecule has 0 heterocycles. The van der Waals surface area contributed by atoms with Crippen LogP contribution in [0, 0.1) is 0 Å². The van der Waals surface area contributed by atoms with Crippen LogP contribution in [0.2, 0.25) is 10.0 Å². The number of carbonyl (C=O) groups is 1. The number of nitrogens with one attached hydrogen (secondary N) is 2. The van der Waals surface area contributed by atoms with E-state index in [1.54, 1.807) is 31.4 Å². The zero-order valence-corrected chi connectivity index (χ0v) is 15.9. The van der Waals surface area contributed by atoms with E-state index < -0.39 is 0 Å². The number of carbonyl (C=O) groups excluding carboxylic acids is 1. The van der Waals surface area contributed by atoms with Gasteiger partial charge in [-0.2, -0.15) is 0 Å². The molecule has 0 aliphatic carbocycles. The summed E-state index contributed by atoms with van der Waals surface area (Å²) in [5, 5.41) is 7.18. The van der Waals surface area contributed by atoms with Gasteiger partial charge >= 0.3 is 0 Å². The molecule has 0 atom stereocenters. The molecule has 0 aromatic heterocycles. The number of halogens is 2. The van der Waals surface area contributed by atoms with Gasteiger partial charge in [0.2, 0.25) is 5.91 Å². The summed E-state index contributed by atoms with van der Waals surface area (Å²) in [6, 6.07) is 10.7. The fourth-order valence-electron chi connectivity index (χ4n) is 2.30. The van der Waals surface area contributed by atoms with E-state index in [0.717, 1.165) is 11.4 Å². The summed E-state index contributed by atoms with van der Waals surface area (Å²) < 4.78 is 5.26. The molecule has 1 amide bonds. The number of methoxy groups -OCH3 is 1. The summed E-state index contributed by atoms with van der Waals surface area (Å²) in [4.78, 5) is 14.0. The molecule has 0 saturated carbocycles. The first-order valence-electron chi connectivity index (χ1n) is 7.75. The molecule has 0 unspecified atom stereocenters. The minimum Gasteiger partial charge on any atom is -0.495 e. The second kappa shape index (κ2) is 8.83. The SMILES string of the molecule is COc1ccc(Cl)cc1NCCC(=O)Nc1ccc(N(C)C)c(Cl)c1. The van der Waals surface area contributed by atoms with Crippen molar-refractivity contribution in [2.45, 2.75) is 6.42 Å². The Morgan fingerprint density at radius 2 is 1.92 bits per heavy atom. The van der Waals surface area contributed by atoms with Gasteiger partial charge in [0.25, 0.3) is 0 Å². The van der Waals surface area contributed by atoms with Crippen molar-refractivity contribution in [3.63, 3.8) is 0 Å². The Hall–Kier alpha value is -2.11. The third kappa shape index (κ3) is 5.44. The highest BCUT2D eigenvalue weighted by atomic mass is 35.5. The van der Waals surface area contributed by atoms with Crippen LogP contribution in [0.15, 0.2) is 36.4 Å². The summed E-state index contributed by atoms with van der Waals surface area (Å²) in [7, 11) is 5.41. The molecule has 2 aromatic rings. The maximum atomic E-state index is 12.1. The molecule has 0 spiro atoms. The molecule has 2 aromatic carbocycles. The average Bonchev–Trinajstić information content (AvgIpc) is 2.54. The predicted molar refractivity (Wildman–Crippen MR) is 106 cm³/mol. The van der Waals surface area contributed by atoms with Gasteiger partial charge in [0.15, 0.2) is 0 Å². The first-order valence-corrected chi connectivity index (χ1v) is 8.50. The van der Waals surface area contributed by atoms with Crippen LogP contribution in [0.1, 0.15) is 6.42 Å². The first-order chi connectivity index (χ1) is 11.9. The number of benzene rings is 2. The van der Waals surface area contributed by atoms with Gasteiger partial charge < -0.3 is 20.3 Å². The van der Waals surface area contributed by atoms with Crippen LogP contribution in [0.5, 0.6) is 5.75 Å². The Labute approximate surface area is 157 Å². The van der Waals surface area contributed by atoms with Crippen molar-refractivity contribution in [3.05, 3.63) is 46.4 Å². The van der Waals surface area contributed by atoms with Crippen molar-refractivity contribution in [1.82, 2.24) is 0 Å². The summed E-state index contributed by atoms with van der Waals surface area (Å²) in [6.07, 6.45) is 0.294. The van der Waals surface area contributed by atoms with Crippen LogP contribution in [0.3, 0.4) is 0 Å². The summed E-state index contributed by atoms with van der Waals surface area (Å²) in [6.45, 7) is 0.450.